The molecule has 0 aromatic carbocycles. The summed E-state index contributed by atoms with van der Waals surface area (Å²) in [5.74, 6) is 1.97. The molecule has 2 N–H and O–H groups in total. The minimum atomic E-state index is -0.685. The summed E-state index contributed by atoms with van der Waals surface area (Å²) in [5.41, 5.74) is 0. The van der Waals surface area contributed by atoms with E-state index in [0.717, 1.165) is 5.76 Å². The van der Waals surface area contributed by atoms with Crippen LogP contribution in [0.5, 0.6) is 0 Å². The monoisotopic (exact) mass is 219 g/mol. The molecule has 0 aliphatic heterocycles. The fraction of sp³-hybridized carbons (Fsp3) is 0.273. The van der Waals surface area contributed by atoms with Crippen molar-refractivity contribution in [3.8, 4) is 0 Å². The largest absolute Gasteiger partial charge is 0.464 e. The van der Waals surface area contributed by atoms with Crippen molar-refractivity contribution in [1.82, 2.24) is 9.97 Å². The van der Waals surface area contributed by atoms with Gasteiger partial charge >= 0.3 is 0 Å². The van der Waals surface area contributed by atoms with Crippen molar-refractivity contribution < 1.29 is 9.52 Å². The second kappa shape index (κ2) is 4.76. The van der Waals surface area contributed by atoms with Crippen LogP contribution in [-0.4, -0.2) is 21.6 Å². The maximum absolute atomic E-state index is 9.79. The van der Waals surface area contributed by atoms with Crippen LogP contribution in [-0.2, 0) is 0 Å². The lowest BCUT2D eigenvalue weighted by Crippen LogP contribution is -2.12. The fourth-order valence-electron chi connectivity index (χ4n) is 1.32. The van der Waals surface area contributed by atoms with Crippen molar-refractivity contribution in [2.75, 3.05) is 11.9 Å². The van der Waals surface area contributed by atoms with Crippen molar-refractivity contribution >= 4 is 5.82 Å². The molecule has 84 valence electrons. The van der Waals surface area contributed by atoms with E-state index in [2.05, 4.69) is 15.3 Å². The van der Waals surface area contributed by atoms with Crippen molar-refractivity contribution in [2.45, 2.75) is 13.0 Å². The number of furan rings is 1. The Balaban J connectivity index is 1.91. The summed E-state index contributed by atoms with van der Waals surface area (Å²) in [6.45, 7) is 2.18. The molecule has 2 rings (SSSR count). The molecule has 0 aliphatic rings. The van der Waals surface area contributed by atoms with Crippen LogP contribution in [0.2, 0.25) is 0 Å². The maximum Gasteiger partial charge on any atom is 0.144 e. The number of rotatable bonds is 4. The third kappa shape index (κ3) is 2.58. The number of aliphatic hydroxyl groups is 1. The predicted octanol–water partition coefficient (Wildman–Crippen LogP) is 1.52. The van der Waals surface area contributed by atoms with Crippen LogP contribution >= 0.6 is 0 Å². The predicted molar refractivity (Wildman–Crippen MR) is 58.9 cm³/mol. The molecule has 0 saturated heterocycles. The third-order valence-electron chi connectivity index (χ3n) is 2.13. The quantitative estimate of drug-likeness (QED) is 0.815. The van der Waals surface area contributed by atoms with Gasteiger partial charge in [-0.1, -0.05) is 0 Å². The molecule has 16 heavy (non-hydrogen) atoms. The minimum absolute atomic E-state index is 0.339. The highest BCUT2D eigenvalue weighted by Gasteiger charge is 2.11. The number of aryl methyl sites for hydroxylation is 1. The first-order chi connectivity index (χ1) is 7.75. The van der Waals surface area contributed by atoms with E-state index in [9.17, 15) is 5.11 Å². The Morgan fingerprint density at radius 1 is 1.44 bits per heavy atom. The molecule has 1 unspecified atom stereocenters. The standard InChI is InChI=1S/C11H13N3O2/c1-8-2-3-10(16-8)9(15)6-14-11-7-12-4-5-13-11/h2-5,7,9,15H,6H2,1H3,(H,13,14). The van der Waals surface area contributed by atoms with E-state index in [-0.39, 0.29) is 0 Å². The lowest BCUT2D eigenvalue weighted by Gasteiger charge is -2.09. The van der Waals surface area contributed by atoms with Gasteiger partial charge in [0.05, 0.1) is 6.20 Å². The van der Waals surface area contributed by atoms with Crippen LogP contribution in [0.3, 0.4) is 0 Å². The number of nitrogens with zero attached hydrogens (tertiary/aromatic N) is 2. The van der Waals surface area contributed by atoms with E-state index in [0.29, 0.717) is 18.1 Å². The molecule has 0 radical (unpaired) electrons. The number of nitrogens with one attached hydrogen (secondary N) is 1. The first kappa shape index (κ1) is 10.6. The Morgan fingerprint density at radius 3 is 2.94 bits per heavy atom. The molecule has 2 aromatic heterocycles. The molecular formula is C11H13N3O2. The van der Waals surface area contributed by atoms with Crippen LogP contribution in [0.1, 0.15) is 17.6 Å². The number of anilines is 1. The van der Waals surface area contributed by atoms with Gasteiger partial charge in [0, 0.05) is 18.9 Å². The van der Waals surface area contributed by atoms with Crippen LogP contribution in [0, 0.1) is 6.92 Å². The fourth-order valence-corrected chi connectivity index (χ4v) is 1.32. The highest BCUT2D eigenvalue weighted by molar-refractivity contribution is 5.30. The SMILES string of the molecule is Cc1ccc(C(O)CNc2cnccn2)o1. The summed E-state index contributed by atoms with van der Waals surface area (Å²) in [7, 11) is 0. The number of aliphatic hydroxyl groups excluding tert-OH is 1. The normalized spacial score (nSPS) is 12.4. The van der Waals surface area contributed by atoms with Gasteiger partial charge in [0.2, 0.25) is 0 Å². The van der Waals surface area contributed by atoms with Gasteiger partial charge in [-0.25, -0.2) is 4.98 Å². The van der Waals surface area contributed by atoms with E-state index in [1.807, 2.05) is 13.0 Å². The van der Waals surface area contributed by atoms with Gasteiger partial charge in [-0.05, 0) is 19.1 Å². The highest BCUT2D eigenvalue weighted by Crippen LogP contribution is 2.16. The molecule has 0 amide bonds. The Morgan fingerprint density at radius 2 is 2.31 bits per heavy atom. The Hall–Kier alpha value is -1.88. The van der Waals surface area contributed by atoms with E-state index in [1.165, 1.54) is 0 Å². The van der Waals surface area contributed by atoms with Gasteiger partial charge in [0.25, 0.3) is 0 Å². The molecule has 5 heteroatoms. The summed E-state index contributed by atoms with van der Waals surface area (Å²) in [6.07, 6.45) is 4.10. The molecule has 0 aliphatic carbocycles. The van der Waals surface area contributed by atoms with Crippen molar-refractivity contribution in [1.29, 1.82) is 0 Å². The first-order valence-corrected chi connectivity index (χ1v) is 5.00. The maximum atomic E-state index is 9.79. The highest BCUT2D eigenvalue weighted by atomic mass is 16.4. The number of hydrogen-bond donors (Lipinski definition) is 2. The molecule has 0 bridgehead atoms. The molecule has 0 saturated carbocycles. The molecule has 5 nitrogen and oxygen atoms in total. The van der Waals surface area contributed by atoms with Crippen molar-refractivity contribution in [2.24, 2.45) is 0 Å². The number of hydrogen-bond acceptors (Lipinski definition) is 5. The van der Waals surface area contributed by atoms with Gasteiger partial charge < -0.3 is 14.8 Å². The zero-order valence-corrected chi connectivity index (χ0v) is 8.92. The molecule has 2 heterocycles. The van der Waals surface area contributed by atoms with E-state index in [1.54, 1.807) is 24.7 Å². The Labute approximate surface area is 93.2 Å². The van der Waals surface area contributed by atoms with Gasteiger partial charge in [0.1, 0.15) is 23.4 Å². The second-order valence-electron chi connectivity index (χ2n) is 3.44. The van der Waals surface area contributed by atoms with E-state index < -0.39 is 6.10 Å². The summed E-state index contributed by atoms with van der Waals surface area (Å²) in [6, 6.07) is 3.58. The Kier molecular flexibility index (Phi) is 3.16. The topological polar surface area (TPSA) is 71.2 Å². The smallest absolute Gasteiger partial charge is 0.144 e. The van der Waals surface area contributed by atoms with Gasteiger partial charge in [0.15, 0.2) is 0 Å². The lowest BCUT2D eigenvalue weighted by atomic mass is 10.3. The zero-order chi connectivity index (χ0) is 11.4. The Bertz CT molecular complexity index is 442. The van der Waals surface area contributed by atoms with Crippen molar-refractivity contribution in [3.63, 3.8) is 0 Å². The minimum Gasteiger partial charge on any atom is -0.464 e. The van der Waals surface area contributed by atoms with E-state index in [4.69, 9.17) is 4.42 Å². The lowest BCUT2D eigenvalue weighted by molar-refractivity contribution is 0.161. The van der Waals surface area contributed by atoms with E-state index >= 15 is 0 Å². The van der Waals surface area contributed by atoms with Gasteiger partial charge in [-0.15, -0.1) is 0 Å². The zero-order valence-electron chi connectivity index (χ0n) is 8.92. The second-order valence-corrected chi connectivity index (χ2v) is 3.44. The summed E-state index contributed by atoms with van der Waals surface area (Å²) >= 11 is 0. The number of aromatic nitrogens is 2. The van der Waals surface area contributed by atoms with Crippen LogP contribution < -0.4 is 5.32 Å². The molecule has 0 spiro atoms. The molecule has 2 aromatic rings. The van der Waals surface area contributed by atoms with Crippen molar-refractivity contribution in [3.05, 3.63) is 42.2 Å². The van der Waals surface area contributed by atoms with Gasteiger partial charge in [-0.2, -0.15) is 0 Å². The van der Waals surface area contributed by atoms with Crippen LogP contribution in [0.25, 0.3) is 0 Å². The van der Waals surface area contributed by atoms with Crippen LogP contribution in [0.15, 0.2) is 35.1 Å². The average molecular weight is 219 g/mol. The van der Waals surface area contributed by atoms with Gasteiger partial charge in [-0.3, -0.25) is 4.98 Å². The summed E-state index contributed by atoms with van der Waals surface area (Å²) < 4.78 is 5.31. The summed E-state index contributed by atoms with van der Waals surface area (Å²) in [5, 5.41) is 12.8. The summed E-state index contributed by atoms with van der Waals surface area (Å²) in [4.78, 5) is 7.94. The first-order valence-electron chi connectivity index (χ1n) is 5.00. The molecule has 1 atom stereocenters. The molecular weight excluding hydrogens is 206 g/mol. The third-order valence-corrected chi connectivity index (χ3v) is 2.13. The molecule has 0 fully saturated rings. The average Bonchev–Trinajstić information content (AvgIpc) is 2.74. The van der Waals surface area contributed by atoms with Crippen LogP contribution in [0.4, 0.5) is 5.82 Å².